The Morgan fingerprint density at radius 3 is 2.65 bits per heavy atom. The zero-order valence-electron chi connectivity index (χ0n) is 11.1. The second-order valence-corrected chi connectivity index (χ2v) is 6.80. The molecule has 3 aliphatic rings. The molecule has 17 heavy (non-hydrogen) atoms. The number of Topliss-reactive ketones (excluding diaryl/α,β-unsaturated/α-hetero) is 1. The van der Waals surface area contributed by atoms with Crippen LogP contribution in [0.2, 0.25) is 0 Å². The average molecular weight is 235 g/mol. The van der Waals surface area contributed by atoms with Crippen molar-refractivity contribution in [1.29, 1.82) is 0 Å². The van der Waals surface area contributed by atoms with Crippen molar-refractivity contribution >= 4 is 5.78 Å². The second-order valence-electron chi connectivity index (χ2n) is 6.80. The van der Waals surface area contributed by atoms with E-state index in [-0.39, 0.29) is 5.41 Å². The van der Waals surface area contributed by atoms with E-state index in [4.69, 9.17) is 0 Å². The van der Waals surface area contributed by atoms with Crippen molar-refractivity contribution in [2.45, 2.75) is 82.7 Å². The van der Waals surface area contributed by atoms with E-state index in [1.165, 1.54) is 44.9 Å². The van der Waals surface area contributed by atoms with E-state index in [0.717, 1.165) is 19.3 Å². The minimum Gasteiger partial charge on any atom is -0.307 e. The average Bonchev–Trinajstić information content (AvgIpc) is 2.52. The lowest BCUT2D eigenvalue weighted by Crippen LogP contribution is -2.45. The number of hydrogen-bond acceptors (Lipinski definition) is 2. The van der Waals surface area contributed by atoms with Crippen molar-refractivity contribution in [3.8, 4) is 0 Å². The molecule has 2 heteroatoms. The van der Waals surface area contributed by atoms with Crippen molar-refractivity contribution < 1.29 is 4.79 Å². The molecule has 0 amide bonds. The summed E-state index contributed by atoms with van der Waals surface area (Å²) >= 11 is 0. The summed E-state index contributed by atoms with van der Waals surface area (Å²) in [4.78, 5) is 12.4. The Kier molecular flexibility index (Phi) is 2.81. The van der Waals surface area contributed by atoms with Crippen LogP contribution in [0.25, 0.3) is 0 Å². The van der Waals surface area contributed by atoms with E-state index in [1.54, 1.807) is 0 Å². The van der Waals surface area contributed by atoms with Gasteiger partial charge in [-0.2, -0.15) is 0 Å². The maximum absolute atomic E-state index is 12.4. The highest BCUT2D eigenvalue weighted by Crippen LogP contribution is 2.49. The first-order valence-corrected chi connectivity index (χ1v) is 7.46. The van der Waals surface area contributed by atoms with E-state index < -0.39 is 0 Å². The molecule has 3 fully saturated rings. The molecule has 0 radical (unpaired) electrons. The third-order valence-electron chi connectivity index (χ3n) is 5.55. The van der Waals surface area contributed by atoms with Gasteiger partial charge in [0.1, 0.15) is 5.78 Å². The molecule has 2 unspecified atom stereocenters. The van der Waals surface area contributed by atoms with Gasteiger partial charge in [0.25, 0.3) is 0 Å². The largest absolute Gasteiger partial charge is 0.307 e. The van der Waals surface area contributed by atoms with Crippen LogP contribution in [0.1, 0.15) is 71.1 Å². The Morgan fingerprint density at radius 2 is 1.88 bits per heavy atom. The van der Waals surface area contributed by atoms with Gasteiger partial charge in [0.2, 0.25) is 0 Å². The molecule has 1 spiro atoms. The third kappa shape index (κ3) is 1.85. The summed E-state index contributed by atoms with van der Waals surface area (Å²) in [5.41, 5.74) is 0.276. The minimum atomic E-state index is -0.0478. The van der Waals surface area contributed by atoms with Crippen LogP contribution in [0.4, 0.5) is 0 Å². The molecule has 0 aromatic carbocycles. The molecule has 1 N–H and O–H groups in total. The summed E-state index contributed by atoms with van der Waals surface area (Å²) < 4.78 is 0. The van der Waals surface area contributed by atoms with Crippen molar-refractivity contribution in [3.05, 3.63) is 0 Å². The lowest BCUT2D eigenvalue weighted by molar-refractivity contribution is -0.128. The lowest BCUT2D eigenvalue weighted by Gasteiger charge is -2.35. The molecule has 3 rings (SSSR count). The van der Waals surface area contributed by atoms with E-state index in [0.29, 0.717) is 17.4 Å². The number of rotatable bonds is 0. The molecule has 0 aromatic rings. The van der Waals surface area contributed by atoms with Crippen LogP contribution in [0.3, 0.4) is 0 Å². The van der Waals surface area contributed by atoms with Crippen LogP contribution in [-0.2, 0) is 4.79 Å². The van der Waals surface area contributed by atoms with Gasteiger partial charge in [-0.3, -0.25) is 4.79 Å². The number of ketones is 1. The highest BCUT2D eigenvalue weighted by Gasteiger charge is 2.54. The van der Waals surface area contributed by atoms with E-state index in [2.05, 4.69) is 12.2 Å². The summed E-state index contributed by atoms with van der Waals surface area (Å²) in [6, 6.07) is 0.468. The first-order valence-electron chi connectivity index (χ1n) is 7.46. The zero-order chi connectivity index (χ0) is 11.9. The van der Waals surface area contributed by atoms with Crippen LogP contribution in [0, 0.1) is 5.41 Å². The summed E-state index contributed by atoms with van der Waals surface area (Å²) in [6.45, 7) is 2.24. The monoisotopic (exact) mass is 235 g/mol. The van der Waals surface area contributed by atoms with Crippen LogP contribution < -0.4 is 5.32 Å². The molecule has 96 valence electrons. The molecular weight excluding hydrogens is 210 g/mol. The van der Waals surface area contributed by atoms with Gasteiger partial charge in [-0.05, 0) is 32.1 Å². The van der Waals surface area contributed by atoms with Gasteiger partial charge in [0.15, 0.2) is 0 Å². The number of hydrogen-bond donors (Lipinski definition) is 1. The van der Waals surface area contributed by atoms with E-state index in [1.807, 2.05) is 0 Å². The van der Waals surface area contributed by atoms with Crippen molar-refractivity contribution in [2.75, 3.05) is 0 Å². The molecule has 2 saturated carbocycles. The molecule has 1 aliphatic heterocycles. The number of nitrogens with one attached hydrogen (secondary N) is 1. The zero-order valence-corrected chi connectivity index (χ0v) is 11.1. The Morgan fingerprint density at radius 1 is 1.12 bits per heavy atom. The number of carbonyl (C=O) groups excluding carboxylic acids is 1. The Labute approximate surface area is 105 Å². The van der Waals surface area contributed by atoms with E-state index >= 15 is 0 Å². The Hall–Kier alpha value is -0.370. The Bertz CT molecular complexity index is 319. The van der Waals surface area contributed by atoms with Gasteiger partial charge in [-0.25, -0.2) is 0 Å². The predicted molar refractivity (Wildman–Crippen MR) is 68.9 cm³/mol. The van der Waals surface area contributed by atoms with Crippen LogP contribution in [-0.4, -0.2) is 17.4 Å². The van der Waals surface area contributed by atoms with Crippen LogP contribution in [0.15, 0.2) is 0 Å². The number of fused-ring (bicyclic) bond motifs is 1. The van der Waals surface area contributed by atoms with Gasteiger partial charge < -0.3 is 5.32 Å². The van der Waals surface area contributed by atoms with Gasteiger partial charge in [0, 0.05) is 23.4 Å². The minimum absolute atomic E-state index is 0.0478. The lowest BCUT2D eigenvalue weighted by atomic mass is 9.71. The predicted octanol–water partition coefficient (Wildman–Crippen LogP) is 3.20. The highest BCUT2D eigenvalue weighted by molar-refractivity contribution is 5.86. The quantitative estimate of drug-likeness (QED) is 0.698. The molecule has 2 atom stereocenters. The molecule has 1 heterocycles. The SMILES string of the molecule is CC12CC3(CCCCC3)NC1CCCCC2=O. The van der Waals surface area contributed by atoms with Crippen molar-refractivity contribution in [3.63, 3.8) is 0 Å². The molecule has 1 saturated heterocycles. The highest BCUT2D eigenvalue weighted by atomic mass is 16.1. The molecule has 2 aliphatic carbocycles. The maximum atomic E-state index is 12.4. The molecule has 0 bridgehead atoms. The maximum Gasteiger partial charge on any atom is 0.140 e. The van der Waals surface area contributed by atoms with E-state index in [9.17, 15) is 4.79 Å². The summed E-state index contributed by atoms with van der Waals surface area (Å²) in [5, 5.41) is 3.90. The van der Waals surface area contributed by atoms with Crippen molar-refractivity contribution in [1.82, 2.24) is 5.32 Å². The first kappa shape index (κ1) is 11.7. The van der Waals surface area contributed by atoms with Gasteiger partial charge in [-0.1, -0.05) is 32.6 Å². The van der Waals surface area contributed by atoms with Crippen LogP contribution in [0.5, 0.6) is 0 Å². The number of carbonyl (C=O) groups is 1. The van der Waals surface area contributed by atoms with Crippen molar-refractivity contribution in [2.24, 2.45) is 5.41 Å². The third-order valence-corrected chi connectivity index (χ3v) is 5.55. The summed E-state index contributed by atoms with van der Waals surface area (Å²) in [7, 11) is 0. The first-order chi connectivity index (χ1) is 8.15. The molecule has 0 aromatic heterocycles. The molecule has 2 nitrogen and oxygen atoms in total. The second kappa shape index (κ2) is 4.08. The van der Waals surface area contributed by atoms with Gasteiger partial charge in [-0.15, -0.1) is 0 Å². The smallest absolute Gasteiger partial charge is 0.140 e. The summed E-state index contributed by atoms with van der Waals surface area (Å²) in [5.74, 6) is 0.537. The normalized spacial score (nSPS) is 41.2. The summed E-state index contributed by atoms with van der Waals surface area (Å²) in [6.07, 6.45) is 12.2. The fourth-order valence-corrected chi connectivity index (χ4v) is 4.56. The topological polar surface area (TPSA) is 29.1 Å². The van der Waals surface area contributed by atoms with Crippen LogP contribution >= 0.6 is 0 Å². The standard InChI is InChI=1S/C15H25NO/c1-14-11-15(9-5-2-6-10-15)16-12(14)7-3-4-8-13(14)17/h12,16H,2-11H2,1H3. The molecular formula is C15H25NO. The fourth-order valence-electron chi connectivity index (χ4n) is 4.56. The van der Waals surface area contributed by atoms with Gasteiger partial charge >= 0.3 is 0 Å². The fraction of sp³-hybridized carbons (Fsp3) is 0.933. The Balaban J connectivity index is 1.85. The van der Waals surface area contributed by atoms with Gasteiger partial charge in [0.05, 0.1) is 0 Å².